The number of rotatable bonds is 4. The Hall–Kier alpha value is -0.290. The molecule has 0 aromatic heterocycles. The van der Waals surface area contributed by atoms with Crippen molar-refractivity contribution >= 4 is 33.2 Å². The molecule has 0 spiro atoms. The zero-order chi connectivity index (χ0) is 11.5. The van der Waals surface area contributed by atoms with Crippen LogP contribution < -0.4 is 4.72 Å². The second-order valence-electron chi connectivity index (χ2n) is 3.09. The highest BCUT2D eigenvalue weighted by Gasteiger charge is 2.13. The van der Waals surface area contributed by atoms with Crippen LogP contribution in [0.3, 0.4) is 0 Å². The standard InChI is InChI=1S/C9H11Cl2NO2S/c1-7(10)6-12-15(13,14)9-4-2-8(11)3-5-9/h2-5,7,12H,6H2,1H3. The summed E-state index contributed by atoms with van der Waals surface area (Å²) in [7, 11) is -3.47. The zero-order valence-corrected chi connectivity index (χ0v) is 10.4. The molecule has 1 unspecified atom stereocenters. The van der Waals surface area contributed by atoms with E-state index in [-0.39, 0.29) is 16.8 Å². The van der Waals surface area contributed by atoms with Gasteiger partial charge in [-0.1, -0.05) is 11.6 Å². The van der Waals surface area contributed by atoms with E-state index in [1.54, 1.807) is 6.92 Å². The van der Waals surface area contributed by atoms with Crippen LogP contribution in [0, 0.1) is 0 Å². The molecule has 0 saturated heterocycles. The first-order chi connectivity index (χ1) is 6.92. The third-order valence-electron chi connectivity index (χ3n) is 1.68. The first-order valence-corrected chi connectivity index (χ1v) is 6.61. The molecule has 0 aliphatic heterocycles. The highest BCUT2D eigenvalue weighted by Crippen LogP contribution is 2.13. The first-order valence-electron chi connectivity index (χ1n) is 4.31. The van der Waals surface area contributed by atoms with Gasteiger partial charge in [-0.15, -0.1) is 11.6 Å². The second kappa shape index (κ2) is 5.16. The minimum atomic E-state index is -3.47. The van der Waals surface area contributed by atoms with Crippen molar-refractivity contribution in [3.63, 3.8) is 0 Å². The first kappa shape index (κ1) is 12.8. The lowest BCUT2D eigenvalue weighted by atomic mass is 10.4. The van der Waals surface area contributed by atoms with Gasteiger partial charge in [0.2, 0.25) is 10.0 Å². The molecule has 0 heterocycles. The summed E-state index contributed by atoms with van der Waals surface area (Å²) in [5.74, 6) is 0. The van der Waals surface area contributed by atoms with E-state index in [2.05, 4.69) is 4.72 Å². The number of hydrogen-bond acceptors (Lipinski definition) is 2. The lowest BCUT2D eigenvalue weighted by Gasteiger charge is -2.07. The van der Waals surface area contributed by atoms with Crippen molar-refractivity contribution in [2.75, 3.05) is 6.54 Å². The van der Waals surface area contributed by atoms with Crippen molar-refractivity contribution in [3.8, 4) is 0 Å². The van der Waals surface area contributed by atoms with Crippen LogP contribution in [0.2, 0.25) is 5.02 Å². The molecule has 0 aliphatic carbocycles. The van der Waals surface area contributed by atoms with Crippen molar-refractivity contribution < 1.29 is 8.42 Å². The van der Waals surface area contributed by atoms with Gasteiger partial charge in [-0.3, -0.25) is 0 Å². The van der Waals surface area contributed by atoms with Crippen molar-refractivity contribution in [2.24, 2.45) is 0 Å². The normalized spacial score (nSPS) is 13.8. The molecule has 0 saturated carbocycles. The van der Waals surface area contributed by atoms with E-state index >= 15 is 0 Å². The molecule has 1 rings (SSSR count). The average molecular weight is 268 g/mol. The summed E-state index contributed by atoms with van der Waals surface area (Å²) in [5, 5.41) is 0.256. The maximum absolute atomic E-state index is 11.6. The van der Waals surface area contributed by atoms with Crippen LogP contribution in [0.1, 0.15) is 6.92 Å². The molecular weight excluding hydrogens is 257 g/mol. The van der Waals surface area contributed by atoms with Gasteiger partial charge in [0.1, 0.15) is 0 Å². The molecule has 0 amide bonds. The Bertz CT molecular complexity index is 414. The maximum Gasteiger partial charge on any atom is 0.240 e. The van der Waals surface area contributed by atoms with E-state index in [1.807, 2.05) is 0 Å². The largest absolute Gasteiger partial charge is 0.240 e. The van der Waals surface area contributed by atoms with E-state index in [0.717, 1.165) is 0 Å². The zero-order valence-electron chi connectivity index (χ0n) is 8.07. The van der Waals surface area contributed by atoms with Crippen molar-refractivity contribution in [2.45, 2.75) is 17.2 Å². The van der Waals surface area contributed by atoms with Gasteiger partial charge in [0, 0.05) is 16.9 Å². The van der Waals surface area contributed by atoms with Gasteiger partial charge < -0.3 is 0 Å². The quantitative estimate of drug-likeness (QED) is 0.851. The minimum Gasteiger partial charge on any atom is -0.210 e. The van der Waals surface area contributed by atoms with Gasteiger partial charge in [-0.25, -0.2) is 13.1 Å². The SMILES string of the molecule is CC(Cl)CNS(=O)(=O)c1ccc(Cl)cc1. The number of sulfonamides is 1. The maximum atomic E-state index is 11.6. The summed E-state index contributed by atoms with van der Waals surface area (Å²) in [6.45, 7) is 1.92. The lowest BCUT2D eigenvalue weighted by molar-refractivity contribution is 0.581. The summed E-state index contributed by atoms with van der Waals surface area (Å²) in [5.41, 5.74) is 0. The van der Waals surface area contributed by atoms with Gasteiger partial charge in [0.25, 0.3) is 0 Å². The fourth-order valence-corrected chi connectivity index (χ4v) is 2.35. The Balaban J connectivity index is 2.82. The molecule has 1 N–H and O–H groups in total. The van der Waals surface area contributed by atoms with Crippen molar-refractivity contribution in [1.82, 2.24) is 4.72 Å². The third kappa shape index (κ3) is 3.99. The van der Waals surface area contributed by atoms with E-state index in [9.17, 15) is 8.42 Å². The molecule has 0 fully saturated rings. The number of hydrogen-bond donors (Lipinski definition) is 1. The van der Waals surface area contributed by atoms with Crippen LogP contribution >= 0.6 is 23.2 Å². The molecule has 1 aromatic carbocycles. The number of benzene rings is 1. The highest BCUT2D eigenvalue weighted by atomic mass is 35.5. The van der Waals surface area contributed by atoms with Crippen LogP contribution in [0.5, 0.6) is 0 Å². The van der Waals surface area contributed by atoms with Gasteiger partial charge in [0.15, 0.2) is 0 Å². The number of nitrogens with one attached hydrogen (secondary N) is 1. The summed E-state index contributed by atoms with van der Waals surface area (Å²) < 4.78 is 25.7. The van der Waals surface area contributed by atoms with Crippen LogP contribution in [0.15, 0.2) is 29.2 Å². The molecular formula is C9H11Cl2NO2S. The summed E-state index contributed by atoms with van der Waals surface area (Å²) in [6.07, 6.45) is 0. The fourth-order valence-electron chi connectivity index (χ4n) is 0.922. The molecule has 15 heavy (non-hydrogen) atoms. The molecule has 84 valence electrons. The Labute approximate surface area is 99.4 Å². The van der Waals surface area contributed by atoms with Crippen LogP contribution in [-0.4, -0.2) is 20.3 Å². The van der Waals surface area contributed by atoms with Gasteiger partial charge >= 0.3 is 0 Å². The second-order valence-corrected chi connectivity index (χ2v) is 6.04. The molecule has 0 bridgehead atoms. The Morgan fingerprint density at radius 2 is 1.87 bits per heavy atom. The molecule has 0 radical (unpaired) electrons. The predicted octanol–water partition coefficient (Wildman–Crippen LogP) is 2.25. The molecule has 3 nitrogen and oxygen atoms in total. The topological polar surface area (TPSA) is 46.2 Å². The van der Waals surface area contributed by atoms with Crippen LogP contribution in [-0.2, 0) is 10.0 Å². The minimum absolute atomic E-state index is 0.184. The fraction of sp³-hybridized carbons (Fsp3) is 0.333. The molecule has 6 heteroatoms. The van der Waals surface area contributed by atoms with Crippen molar-refractivity contribution in [3.05, 3.63) is 29.3 Å². The molecule has 1 aromatic rings. The monoisotopic (exact) mass is 267 g/mol. The van der Waals surface area contributed by atoms with E-state index in [1.165, 1.54) is 24.3 Å². The number of alkyl halides is 1. The predicted molar refractivity (Wildman–Crippen MR) is 62.0 cm³/mol. The summed E-state index contributed by atoms with van der Waals surface area (Å²) in [6, 6.07) is 5.95. The third-order valence-corrected chi connectivity index (χ3v) is 3.52. The van der Waals surface area contributed by atoms with Gasteiger partial charge in [-0.05, 0) is 31.2 Å². The van der Waals surface area contributed by atoms with Gasteiger partial charge in [0.05, 0.1) is 4.90 Å². The Morgan fingerprint density at radius 1 is 1.33 bits per heavy atom. The van der Waals surface area contributed by atoms with Crippen LogP contribution in [0.4, 0.5) is 0 Å². The summed E-state index contributed by atoms with van der Waals surface area (Å²) in [4.78, 5) is 0.184. The van der Waals surface area contributed by atoms with E-state index in [0.29, 0.717) is 5.02 Å². The average Bonchev–Trinajstić information content (AvgIpc) is 2.16. The molecule has 0 aliphatic rings. The van der Waals surface area contributed by atoms with E-state index < -0.39 is 10.0 Å². The molecule has 1 atom stereocenters. The van der Waals surface area contributed by atoms with Crippen LogP contribution in [0.25, 0.3) is 0 Å². The number of halogens is 2. The van der Waals surface area contributed by atoms with Gasteiger partial charge in [-0.2, -0.15) is 0 Å². The lowest BCUT2D eigenvalue weighted by Crippen LogP contribution is -2.28. The Morgan fingerprint density at radius 3 is 2.33 bits per heavy atom. The smallest absolute Gasteiger partial charge is 0.210 e. The summed E-state index contributed by atoms with van der Waals surface area (Å²) >= 11 is 11.3. The van der Waals surface area contributed by atoms with Crippen molar-refractivity contribution in [1.29, 1.82) is 0 Å². The van der Waals surface area contributed by atoms with E-state index in [4.69, 9.17) is 23.2 Å². The Kier molecular flexibility index (Phi) is 4.40. The highest BCUT2D eigenvalue weighted by molar-refractivity contribution is 7.89.